The van der Waals surface area contributed by atoms with Gasteiger partial charge >= 0.3 is 0 Å². The fourth-order valence-corrected chi connectivity index (χ4v) is 4.62. The van der Waals surface area contributed by atoms with Gasteiger partial charge in [0.1, 0.15) is 9.88 Å². The van der Waals surface area contributed by atoms with Gasteiger partial charge in [0.15, 0.2) is 5.13 Å². The molecular weight excluding hydrogens is 378 g/mol. The molecule has 6 nitrogen and oxygen atoms in total. The van der Waals surface area contributed by atoms with Gasteiger partial charge in [-0.3, -0.25) is 10.1 Å². The number of rotatable bonds is 5. The van der Waals surface area contributed by atoms with Crippen LogP contribution < -0.4 is 5.32 Å². The molecule has 1 fully saturated rings. The normalized spacial score (nSPS) is 13.6. The molecule has 1 aliphatic carbocycles. The molecule has 8 heteroatoms. The second-order valence-corrected chi connectivity index (χ2v) is 8.29. The number of carbonyl (C=O) groups is 1. The summed E-state index contributed by atoms with van der Waals surface area (Å²) in [6.07, 6.45) is 6.16. The summed E-state index contributed by atoms with van der Waals surface area (Å²) < 4.78 is 1.91. The minimum absolute atomic E-state index is 0.205. The molecule has 1 N–H and O–H groups in total. The van der Waals surface area contributed by atoms with Gasteiger partial charge in [-0.1, -0.05) is 53.0 Å². The summed E-state index contributed by atoms with van der Waals surface area (Å²) >= 11 is 2.82. The topological polar surface area (TPSA) is 72.7 Å². The molecule has 1 amide bonds. The molecule has 1 aromatic carbocycles. The van der Waals surface area contributed by atoms with E-state index in [-0.39, 0.29) is 5.91 Å². The van der Waals surface area contributed by atoms with Crippen molar-refractivity contribution in [1.82, 2.24) is 19.7 Å². The number of hydrogen-bond donors (Lipinski definition) is 1. The maximum absolute atomic E-state index is 13.0. The van der Waals surface area contributed by atoms with Crippen LogP contribution in [0.15, 0.2) is 54.9 Å². The van der Waals surface area contributed by atoms with Crippen LogP contribution in [0.4, 0.5) is 5.13 Å². The summed E-state index contributed by atoms with van der Waals surface area (Å²) in [7, 11) is 0. The number of thiazole rings is 1. The predicted octanol–water partition coefficient (Wildman–Crippen LogP) is 4.58. The van der Waals surface area contributed by atoms with Crippen molar-refractivity contribution in [1.29, 1.82) is 0 Å². The highest BCUT2D eigenvalue weighted by Gasteiger charge is 2.28. The quantitative estimate of drug-likeness (QED) is 0.539. The van der Waals surface area contributed by atoms with E-state index in [4.69, 9.17) is 4.98 Å². The Labute approximate surface area is 163 Å². The van der Waals surface area contributed by atoms with E-state index in [1.807, 2.05) is 59.4 Å². The second-order valence-electron chi connectivity index (χ2n) is 6.30. The van der Waals surface area contributed by atoms with Gasteiger partial charge in [-0.15, -0.1) is 10.2 Å². The number of benzene rings is 1. The largest absolute Gasteiger partial charge is 0.300 e. The van der Waals surface area contributed by atoms with Crippen LogP contribution >= 0.6 is 22.7 Å². The van der Waals surface area contributed by atoms with Crippen LogP contribution in [0, 0.1) is 0 Å². The number of nitrogens with one attached hydrogen (secondary N) is 1. The molecule has 4 aromatic rings. The Morgan fingerprint density at radius 3 is 2.56 bits per heavy atom. The van der Waals surface area contributed by atoms with Crippen LogP contribution in [0.5, 0.6) is 0 Å². The van der Waals surface area contributed by atoms with Gasteiger partial charge in [-0.05, 0) is 25.0 Å². The van der Waals surface area contributed by atoms with E-state index in [1.165, 1.54) is 22.7 Å². The summed E-state index contributed by atoms with van der Waals surface area (Å²) in [6, 6.07) is 13.6. The van der Waals surface area contributed by atoms with E-state index >= 15 is 0 Å². The van der Waals surface area contributed by atoms with Crippen molar-refractivity contribution in [2.45, 2.75) is 18.8 Å². The minimum atomic E-state index is -0.205. The molecule has 3 aromatic heterocycles. The first-order valence-electron chi connectivity index (χ1n) is 8.62. The maximum atomic E-state index is 13.0. The van der Waals surface area contributed by atoms with Crippen molar-refractivity contribution in [3.05, 3.63) is 64.7 Å². The number of amides is 1. The third-order valence-electron chi connectivity index (χ3n) is 4.28. The Morgan fingerprint density at radius 2 is 1.81 bits per heavy atom. The average Bonchev–Trinajstić information content (AvgIpc) is 3.11. The zero-order chi connectivity index (χ0) is 18.2. The Hall–Kier alpha value is -2.84. The summed E-state index contributed by atoms with van der Waals surface area (Å²) in [5.74, 6) is 0.319. The van der Waals surface area contributed by atoms with Crippen LogP contribution in [-0.2, 0) is 0 Å². The van der Waals surface area contributed by atoms with Gasteiger partial charge < -0.3 is 4.57 Å². The average molecular weight is 393 g/mol. The van der Waals surface area contributed by atoms with E-state index in [2.05, 4.69) is 15.5 Å². The summed E-state index contributed by atoms with van der Waals surface area (Å²) in [5.41, 5.74) is 1.59. The number of anilines is 1. The summed E-state index contributed by atoms with van der Waals surface area (Å²) in [5, 5.41) is 13.5. The third-order valence-corrected chi connectivity index (χ3v) is 6.35. The SMILES string of the molecule is O=C(Nc1nnc(C2CC2)s1)c1sc(-n2cccc2)nc1-c1ccccc1. The van der Waals surface area contributed by atoms with E-state index in [0.717, 1.165) is 28.5 Å². The van der Waals surface area contributed by atoms with Crippen molar-refractivity contribution in [3.8, 4) is 16.4 Å². The lowest BCUT2D eigenvalue weighted by molar-refractivity contribution is 0.103. The van der Waals surface area contributed by atoms with E-state index in [1.54, 1.807) is 0 Å². The van der Waals surface area contributed by atoms with E-state index in [0.29, 0.717) is 21.6 Å². The van der Waals surface area contributed by atoms with Crippen molar-refractivity contribution >= 4 is 33.7 Å². The van der Waals surface area contributed by atoms with Crippen molar-refractivity contribution in [2.75, 3.05) is 5.32 Å². The van der Waals surface area contributed by atoms with Crippen LogP contribution in [-0.4, -0.2) is 25.7 Å². The van der Waals surface area contributed by atoms with Crippen LogP contribution in [0.2, 0.25) is 0 Å². The van der Waals surface area contributed by atoms with Gasteiger partial charge in [0, 0.05) is 23.9 Å². The van der Waals surface area contributed by atoms with Gasteiger partial charge in [0.2, 0.25) is 5.13 Å². The highest BCUT2D eigenvalue weighted by atomic mass is 32.1. The van der Waals surface area contributed by atoms with Crippen LogP contribution in [0.1, 0.15) is 33.4 Å². The fourth-order valence-electron chi connectivity index (χ4n) is 2.76. The summed E-state index contributed by atoms with van der Waals surface area (Å²) in [4.78, 5) is 18.3. The van der Waals surface area contributed by atoms with E-state index < -0.39 is 0 Å². The number of nitrogens with zero attached hydrogens (tertiary/aromatic N) is 4. The minimum Gasteiger partial charge on any atom is -0.300 e. The number of hydrogen-bond acceptors (Lipinski definition) is 6. The van der Waals surface area contributed by atoms with Crippen molar-refractivity contribution < 1.29 is 4.79 Å². The first-order chi connectivity index (χ1) is 13.3. The molecule has 27 heavy (non-hydrogen) atoms. The summed E-state index contributed by atoms with van der Waals surface area (Å²) in [6.45, 7) is 0. The highest BCUT2D eigenvalue weighted by Crippen LogP contribution is 2.42. The number of aromatic nitrogens is 4. The highest BCUT2D eigenvalue weighted by molar-refractivity contribution is 7.17. The molecule has 1 saturated carbocycles. The first kappa shape index (κ1) is 16.3. The molecule has 0 atom stereocenters. The Kier molecular flexibility index (Phi) is 4.06. The molecule has 0 unspecified atom stereocenters. The maximum Gasteiger partial charge on any atom is 0.269 e. The Morgan fingerprint density at radius 1 is 1.04 bits per heavy atom. The monoisotopic (exact) mass is 393 g/mol. The Bertz CT molecular complexity index is 1080. The van der Waals surface area contributed by atoms with Crippen molar-refractivity contribution in [3.63, 3.8) is 0 Å². The van der Waals surface area contributed by atoms with E-state index in [9.17, 15) is 4.79 Å². The lowest BCUT2D eigenvalue weighted by Gasteiger charge is -2.02. The van der Waals surface area contributed by atoms with Crippen LogP contribution in [0.25, 0.3) is 16.4 Å². The predicted molar refractivity (Wildman–Crippen MR) is 107 cm³/mol. The first-order valence-corrected chi connectivity index (χ1v) is 10.3. The van der Waals surface area contributed by atoms with Crippen molar-refractivity contribution in [2.24, 2.45) is 0 Å². The molecule has 134 valence electrons. The lowest BCUT2D eigenvalue weighted by Crippen LogP contribution is -2.11. The zero-order valence-electron chi connectivity index (χ0n) is 14.2. The zero-order valence-corrected chi connectivity index (χ0v) is 15.8. The lowest BCUT2D eigenvalue weighted by atomic mass is 10.1. The molecule has 5 rings (SSSR count). The molecule has 1 aliphatic rings. The molecule has 0 aliphatic heterocycles. The van der Waals surface area contributed by atoms with Gasteiger partial charge in [0.05, 0.1) is 5.69 Å². The molecule has 0 radical (unpaired) electrons. The standard InChI is InChI=1S/C19H15N5OS2/c25-16(21-18-23-22-17(27-18)13-8-9-13)15-14(12-6-2-1-3-7-12)20-19(26-15)24-10-4-5-11-24/h1-7,10-11,13H,8-9H2,(H,21,23,25). The van der Waals surface area contributed by atoms with Gasteiger partial charge in [-0.2, -0.15) is 0 Å². The number of carbonyl (C=O) groups excluding carboxylic acids is 1. The van der Waals surface area contributed by atoms with Gasteiger partial charge in [-0.25, -0.2) is 4.98 Å². The fraction of sp³-hybridized carbons (Fsp3) is 0.158. The third kappa shape index (κ3) is 3.29. The Balaban J connectivity index is 1.50. The molecular formula is C19H15N5OS2. The van der Waals surface area contributed by atoms with Gasteiger partial charge in [0.25, 0.3) is 5.91 Å². The van der Waals surface area contributed by atoms with Crippen LogP contribution in [0.3, 0.4) is 0 Å². The second kappa shape index (κ2) is 6.71. The molecule has 0 spiro atoms. The smallest absolute Gasteiger partial charge is 0.269 e. The molecule has 0 saturated heterocycles. The molecule has 0 bridgehead atoms. The molecule has 3 heterocycles.